The first-order valence-corrected chi connectivity index (χ1v) is 7.84. The largest absolute Gasteiger partial charge is 0.444 e. The van der Waals surface area contributed by atoms with E-state index in [1.807, 2.05) is 6.07 Å². The molecule has 0 radical (unpaired) electrons. The van der Waals surface area contributed by atoms with Crippen LogP contribution in [0.25, 0.3) is 0 Å². The normalized spacial score (nSPS) is 25.2. The Labute approximate surface area is 142 Å². The molecular weight excluding hydrogens is 330 g/mol. The summed E-state index contributed by atoms with van der Waals surface area (Å²) in [7, 11) is 0. The van der Waals surface area contributed by atoms with Crippen LogP contribution >= 0.6 is 11.6 Å². The van der Waals surface area contributed by atoms with Crippen molar-refractivity contribution in [3.63, 3.8) is 0 Å². The number of Topliss-reactive ketones (excluding diaryl/α,β-unsaturated/α-hetero) is 1. The van der Waals surface area contributed by atoms with Crippen LogP contribution in [0.1, 0.15) is 24.8 Å². The lowest BCUT2D eigenvalue weighted by Crippen LogP contribution is -2.46. The second kappa shape index (κ2) is 4.86. The number of benzene rings is 1. The Morgan fingerprint density at radius 2 is 2.12 bits per heavy atom. The van der Waals surface area contributed by atoms with Crippen molar-refractivity contribution in [3.05, 3.63) is 51.6 Å². The predicted octanol–water partition coefficient (Wildman–Crippen LogP) is 2.26. The molecule has 0 fully saturated rings. The summed E-state index contributed by atoms with van der Waals surface area (Å²) in [5.41, 5.74) is 5.51. The molecule has 24 heavy (non-hydrogen) atoms. The van der Waals surface area contributed by atoms with Gasteiger partial charge in [-0.05, 0) is 18.6 Å². The average molecular weight is 342 g/mol. The van der Waals surface area contributed by atoms with Gasteiger partial charge in [0.25, 0.3) is 0 Å². The van der Waals surface area contributed by atoms with Gasteiger partial charge in [-0.1, -0.05) is 17.7 Å². The van der Waals surface area contributed by atoms with Crippen LogP contribution in [0, 0.1) is 11.3 Å². The first-order chi connectivity index (χ1) is 11.5. The predicted molar refractivity (Wildman–Crippen MR) is 85.6 cm³/mol. The number of nitrogens with one attached hydrogen (secondary N) is 1. The molecule has 0 saturated carbocycles. The number of carbonyl (C=O) groups excluding carboxylic acids is 2. The van der Waals surface area contributed by atoms with Gasteiger partial charge in [-0.25, -0.2) is 0 Å². The molecule has 7 heteroatoms. The van der Waals surface area contributed by atoms with Crippen LogP contribution < -0.4 is 11.1 Å². The van der Waals surface area contributed by atoms with Crippen molar-refractivity contribution in [1.29, 1.82) is 5.26 Å². The third kappa shape index (κ3) is 1.65. The van der Waals surface area contributed by atoms with E-state index in [9.17, 15) is 14.9 Å². The van der Waals surface area contributed by atoms with Crippen molar-refractivity contribution in [2.45, 2.75) is 24.7 Å². The summed E-state index contributed by atoms with van der Waals surface area (Å²) in [4.78, 5) is 25.7. The molecule has 1 amide bonds. The molecular formula is C17H12ClN3O3. The average Bonchev–Trinajstić information content (AvgIpc) is 2.80. The van der Waals surface area contributed by atoms with Crippen LogP contribution in [0.2, 0.25) is 5.02 Å². The minimum atomic E-state index is -1.55. The van der Waals surface area contributed by atoms with E-state index in [1.54, 1.807) is 18.2 Å². The molecule has 0 bridgehead atoms. The molecule has 3 aliphatic rings. The Morgan fingerprint density at radius 1 is 1.33 bits per heavy atom. The standard InChI is InChI=1S/C17H12ClN3O3/c18-8-4-5-9-11(6-8)21-16(23)17(9)10(7-19)15(20)24-13-3-1-2-12(22)14(13)17/h4-6H,1-3,20H2,(H,21,23)/t17-/m1/s1. The highest BCUT2D eigenvalue weighted by atomic mass is 35.5. The highest BCUT2D eigenvalue weighted by Gasteiger charge is 2.59. The monoisotopic (exact) mass is 341 g/mol. The Balaban J connectivity index is 2.11. The van der Waals surface area contributed by atoms with E-state index in [-0.39, 0.29) is 22.8 Å². The number of halogens is 1. The molecule has 2 heterocycles. The fourth-order valence-electron chi connectivity index (χ4n) is 3.75. The van der Waals surface area contributed by atoms with Crippen LogP contribution in [0.4, 0.5) is 5.69 Å². The lowest BCUT2D eigenvalue weighted by Gasteiger charge is -2.36. The number of hydrogen-bond acceptors (Lipinski definition) is 5. The maximum atomic E-state index is 13.0. The summed E-state index contributed by atoms with van der Waals surface area (Å²) in [5, 5.41) is 12.8. The highest BCUT2D eigenvalue weighted by molar-refractivity contribution is 6.31. The summed E-state index contributed by atoms with van der Waals surface area (Å²) in [5.74, 6) is -0.440. The van der Waals surface area contributed by atoms with Crippen molar-refractivity contribution in [3.8, 4) is 6.07 Å². The molecule has 1 aromatic rings. The number of nitrogens with two attached hydrogens (primary N) is 1. The summed E-state index contributed by atoms with van der Waals surface area (Å²) in [6.07, 6.45) is 1.43. The quantitative estimate of drug-likeness (QED) is 0.753. The first-order valence-electron chi connectivity index (χ1n) is 7.46. The number of hydrogen-bond donors (Lipinski definition) is 2. The van der Waals surface area contributed by atoms with Gasteiger partial charge >= 0.3 is 0 Å². The molecule has 120 valence electrons. The maximum absolute atomic E-state index is 13.0. The van der Waals surface area contributed by atoms with Crippen LogP contribution in [0.15, 0.2) is 41.0 Å². The highest BCUT2D eigenvalue weighted by Crippen LogP contribution is 2.54. The number of fused-ring (bicyclic) bond motifs is 3. The Hall–Kier alpha value is -2.78. The number of ketones is 1. The smallest absolute Gasteiger partial charge is 0.245 e. The molecule has 6 nitrogen and oxygen atoms in total. The zero-order valence-corrected chi connectivity index (χ0v) is 13.2. The van der Waals surface area contributed by atoms with Gasteiger partial charge in [-0.3, -0.25) is 9.59 Å². The van der Waals surface area contributed by atoms with E-state index in [1.165, 1.54) is 0 Å². The molecule has 2 aliphatic heterocycles. The minimum Gasteiger partial charge on any atom is -0.444 e. The van der Waals surface area contributed by atoms with Gasteiger partial charge < -0.3 is 15.8 Å². The number of rotatable bonds is 0. The zero-order valence-electron chi connectivity index (χ0n) is 12.5. The van der Waals surface area contributed by atoms with Crippen LogP contribution in [-0.4, -0.2) is 11.7 Å². The molecule has 1 aliphatic carbocycles. The van der Waals surface area contributed by atoms with Crippen LogP contribution in [-0.2, 0) is 19.7 Å². The molecule has 0 saturated heterocycles. The Bertz CT molecular complexity index is 925. The molecule has 0 unspecified atom stereocenters. The topological polar surface area (TPSA) is 105 Å². The Morgan fingerprint density at radius 3 is 2.88 bits per heavy atom. The van der Waals surface area contributed by atoms with E-state index in [4.69, 9.17) is 22.1 Å². The summed E-state index contributed by atoms with van der Waals surface area (Å²) < 4.78 is 5.53. The molecule has 1 aromatic carbocycles. The number of nitrogens with zero attached hydrogens (tertiary/aromatic N) is 1. The summed E-state index contributed by atoms with van der Waals surface area (Å²) >= 11 is 6.01. The van der Waals surface area contributed by atoms with E-state index in [0.29, 0.717) is 41.3 Å². The van der Waals surface area contributed by atoms with Gasteiger partial charge in [0.05, 0.1) is 5.57 Å². The number of ether oxygens (including phenoxy) is 1. The molecule has 4 rings (SSSR count). The lowest BCUT2D eigenvalue weighted by atomic mass is 9.65. The maximum Gasteiger partial charge on any atom is 0.245 e. The van der Waals surface area contributed by atoms with Gasteiger partial charge in [0, 0.05) is 29.1 Å². The van der Waals surface area contributed by atoms with E-state index >= 15 is 0 Å². The number of amides is 1. The summed E-state index contributed by atoms with van der Waals surface area (Å²) in [6, 6.07) is 6.84. The number of nitriles is 1. The number of carbonyl (C=O) groups is 2. The van der Waals surface area contributed by atoms with Crippen molar-refractivity contribution in [2.75, 3.05) is 5.32 Å². The fourth-order valence-corrected chi connectivity index (χ4v) is 3.92. The molecule has 0 aromatic heterocycles. The summed E-state index contributed by atoms with van der Waals surface area (Å²) in [6.45, 7) is 0. The van der Waals surface area contributed by atoms with Crippen molar-refractivity contribution >= 4 is 29.0 Å². The van der Waals surface area contributed by atoms with E-state index in [0.717, 1.165) is 0 Å². The number of anilines is 1. The van der Waals surface area contributed by atoms with Crippen molar-refractivity contribution in [1.82, 2.24) is 0 Å². The second-order valence-corrected chi connectivity index (χ2v) is 6.36. The lowest BCUT2D eigenvalue weighted by molar-refractivity contribution is -0.123. The van der Waals surface area contributed by atoms with Gasteiger partial charge in [-0.2, -0.15) is 5.26 Å². The van der Waals surface area contributed by atoms with Gasteiger partial charge in [0.15, 0.2) is 5.78 Å². The van der Waals surface area contributed by atoms with Gasteiger partial charge in [-0.15, -0.1) is 0 Å². The van der Waals surface area contributed by atoms with Gasteiger partial charge in [0.2, 0.25) is 11.8 Å². The third-order valence-electron chi connectivity index (χ3n) is 4.68. The first kappa shape index (κ1) is 14.8. The molecule has 1 spiro atoms. The van der Waals surface area contributed by atoms with E-state index < -0.39 is 11.3 Å². The SMILES string of the molecule is N#CC1=C(N)OC2=C(C(=O)CCC2)[C@]12C(=O)Nc1cc(Cl)ccc12. The van der Waals surface area contributed by atoms with Crippen LogP contribution in [0.3, 0.4) is 0 Å². The Kier molecular flexibility index (Phi) is 2.99. The fraction of sp³-hybridized carbons (Fsp3) is 0.235. The van der Waals surface area contributed by atoms with Crippen LogP contribution in [0.5, 0.6) is 0 Å². The third-order valence-corrected chi connectivity index (χ3v) is 4.92. The molecule has 3 N–H and O–H groups in total. The molecule has 1 atom stereocenters. The van der Waals surface area contributed by atoms with E-state index in [2.05, 4.69) is 5.32 Å². The van der Waals surface area contributed by atoms with Crippen molar-refractivity contribution < 1.29 is 14.3 Å². The van der Waals surface area contributed by atoms with Gasteiger partial charge in [0.1, 0.15) is 22.8 Å². The zero-order chi connectivity index (χ0) is 17.1. The second-order valence-electron chi connectivity index (χ2n) is 5.92. The van der Waals surface area contributed by atoms with Crippen molar-refractivity contribution in [2.24, 2.45) is 5.73 Å². The minimum absolute atomic E-state index is 0.0601. The number of allylic oxidation sites excluding steroid dienone is 1.